The summed E-state index contributed by atoms with van der Waals surface area (Å²) >= 11 is 0. The summed E-state index contributed by atoms with van der Waals surface area (Å²) in [4.78, 5) is 20.8. The molecule has 23 heavy (non-hydrogen) atoms. The van der Waals surface area contributed by atoms with E-state index in [1.807, 2.05) is 0 Å². The Kier molecular flexibility index (Phi) is 6.73. The summed E-state index contributed by atoms with van der Waals surface area (Å²) in [6, 6.07) is 0.0467. The van der Waals surface area contributed by atoms with Crippen LogP contribution in [-0.2, 0) is 20.5 Å². The second-order valence-electron chi connectivity index (χ2n) is 4.45. The van der Waals surface area contributed by atoms with E-state index in [0.29, 0.717) is 0 Å². The molecule has 0 aromatic carbocycles. The maximum atomic E-state index is 12.6. The highest BCUT2D eigenvalue weighted by Crippen LogP contribution is 2.30. The Labute approximate surface area is 131 Å². The number of halogens is 3. The van der Waals surface area contributed by atoms with E-state index in [4.69, 9.17) is 14.3 Å². The number of urea groups is 1. The Bertz CT molecular complexity index is 523. The lowest BCUT2D eigenvalue weighted by Gasteiger charge is -2.30. The van der Waals surface area contributed by atoms with Crippen molar-refractivity contribution in [2.45, 2.75) is 25.4 Å². The molecular formula is C13H18F3N3O4. The van der Waals surface area contributed by atoms with Gasteiger partial charge in [0.1, 0.15) is 11.9 Å². The molecule has 0 aliphatic carbocycles. The normalized spacial score (nSPS) is 13.0. The molecule has 0 saturated heterocycles. The number of hydroxylamine groups is 2. The van der Waals surface area contributed by atoms with Crippen molar-refractivity contribution >= 4 is 11.8 Å². The molecule has 1 rings (SSSR count). The van der Waals surface area contributed by atoms with Gasteiger partial charge in [0.2, 0.25) is 0 Å². The molecule has 0 fully saturated rings. The van der Waals surface area contributed by atoms with Gasteiger partial charge in [-0.1, -0.05) is 0 Å². The quantitative estimate of drug-likeness (QED) is 0.638. The molecular weight excluding hydrogens is 319 g/mol. The Morgan fingerprint density at radius 2 is 1.91 bits per heavy atom. The number of nitrogens with zero attached hydrogens (tertiary/aromatic N) is 2. The van der Waals surface area contributed by atoms with Crippen LogP contribution in [0.15, 0.2) is 18.3 Å². The third kappa shape index (κ3) is 5.05. The van der Waals surface area contributed by atoms with E-state index in [2.05, 4.69) is 10.3 Å². The Hall–Kier alpha value is -1.91. The van der Waals surface area contributed by atoms with Crippen LogP contribution in [0.25, 0.3) is 0 Å². The SMILES string of the molecule is COC(OC)C(C)N(OC)C(=O)Nc1cc(C(F)(F)F)ccn1. The zero-order valence-corrected chi connectivity index (χ0v) is 13.0. The number of carbonyl (C=O) groups excluding carboxylic acids is 1. The van der Waals surface area contributed by atoms with Crippen molar-refractivity contribution in [2.75, 3.05) is 26.6 Å². The van der Waals surface area contributed by atoms with Crippen LogP contribution >= 0.6 is 0 Å². The fourth-order valence-electron chi connectivity index (χ4n) is 1.87. The molecule has 1 aromatic heterocycles. The number of alkyl halides is 3. The topological polar surface area (TPSA) is 72.9 Å². The first kappa shape index (κ1) is 19.1. The Morgan fingerprint density at radius 3 is 2.39 bits per heavy atom. The lowest BCUT2D eigenvalue weighted by Crippen LogP contribution is -2.47. The average molecular weight is 337 g/mol. The van der Waals surface area contributed by atoms with Crippen LogP contribution in [0.2, 0.25) is 0 Å². The van der Waals surface area contributed by atoms with Crippen LogP contribution in [-0.4, -0.2) is 49.7 Å². The molecule has 2 amide bonds. The zero-order valence-electron chi connectivity index (χ0n) is 13.0. The van der Waals surface area contributed by atoms with Gasteiger partial charge in [0.25, 0.3) is 0 Å². The van der Waals surface area contributed by atoms with Gasteiger partial charge in [0.15, 0.2) is 6.29 Å². The summed E-state index contributed by atoms with van der Waals surface area (Å²) in [6.07, 6.45) is -4.37. The molecule has 0 spiro atoms. The van der Waals surface area contributed by atoms with Crippen molar-refractivity contribution < 1.29 is 32.3 Å². The number of aromatic nitrogens is 1. The summed E-state index contributed by atoms with van der Waals surface area (Å²) in [7, 11) is 3.99. The second kappa shape index (κ2) is 8.09. The molecule has 0 saturated carbocycles. The number of nitrogens with one attached hydrogen (secondary N) is 1. The number of anilines is 1. The number of ether oxygens (including phenoxy) is 2. The molecule has 7 nitrogen and oxygen atoms in total. The summed E-state index contributed by atoms with van der Waals surface area (Å²) in [5, 5.41) is 3.10. The molecule has 1 aromatic rings. The first-order chi connectivity index (χ1) is 10.7. The smallest absolute Gasteiger partial charge is 0.354 e. The van der Waals surface area contributed by atoms with Crippen LogP contribution in [0.1, 0.15) is 12.5 Å². The van der Waals surface area contributed by atoms with E-state index in [0.717, 1.165) is 23.4 Å². The fourth-order valence-corrected chi connectivity index (χ4v) is 1.87. The average Bonchev–Trinajstić information content (AvgIpc) is 2.48. The van der Waals surface area contributed by atoms with Crippen LogP contribution in [0.5, 0.6) is 0 Å². The van der Waals surface area contributed by atoms with Crippen LogP contribution in [0.3, 0.4) is 0 Å². The molecule has 0 radical (unpaired) electrons. The van der Waals surface area contributed by atoms with E-state index in [9.17, 15) is 18.0 Å². The standard InChI is InChI=1S/C13H18F3N3O4/c1-8(11(21-2)22-3)19(23-4)12(20)18-10-7-9(5-6-17-10)13(14,15)16/h5-8,11H,1-4H3,(H,17,18,20). The van der Waals surface area contributed by atoms with Gasteiger partial charge in [0, 0.05) is 20.4 Å². The summed E-state index contributed by atoms with van der Waals surface area (Å²) in [5.74, 6) is -0.259. The van der Waals surface area contributed by atoms with E-state index in [-0.39, 0.29) is 5.82 Å². The molecule has 10 heteroatoms. The third-order valence-electron chi connectivity index (χ3n) is 2.95. The summed E-state index contributed by atoms with van der Waals surface area (Å²) in [6.45, 7) is 1.58. The molecule has 0 aliphatic rings. The fraction of sp³-hybridized carbons (Fsp3) is 0.538. The van der Waals surface area contributed by atoms with E-state index in [1.54, 1.807) is 6.92 Å². The van der Waals surface area contributed by atoms with Crippen molar-refractivity contribution in [3.63, 3.8) is 0 Å². The predicted molar refractivity (Wildman–Crippen MR) is 74.4 cm³/mol. The highest BCUT2D eigenvalue weighted by molar-refractivity contribution is 5.87. The van der Waals surface area contributed by atoms with Gasteiger partial charge < -0.3 is 9.47 Å². The molecule has 1 unspecified atom stereocenters. The van der Waals surface area contributed by atoms with Crippen LogP contribution in [0, 0.1) is 0 Å². The third-order valence-corrected chi connectivity index (χ3v) is 2.95. The zero-order chi connectivity index (χ0) is 17.6. The minimum absolute atomic E-state index is 0.259. The maximum Gasteiger partial charge on any atom is 0.416 e. The van der Waals surface area contributed by atoms with Crippen molar-refractivity contribution in [3.05, 3.63) is 23.9 Å². The number of carbonyl (C=O) groups is 1. The maximum absolute atomic E-state index is 12.6. The number of hydrogen-bond acceptors (Lipinski definition) is 5. The largest absolute Gasteiger partial charge is 0.416 e. The number of pyridine rings is 1. The number of methoxy groups -OCH3 is 2. The first-order valence-electron chi connectivity index (χ1n) is 6.47. The van der Waals surface area contributed by atoms with Crippen LogP contribution in [0.4, 0.5) is 23.8 Å². The minimum Gasteiger partial charge on any atom is -0.354 e. The molecule has 1 atom stereocenters. The van der Waals surface area contributed by atoms with Gasteiger partial charge in [0.05, 0.1) is 12.7 Å². The molecule has 130 valence electrons. The van der Waals surface area contributed by atoms with Crippen molar-refractivity contribution in [2.24, 2.45) is 0 Å². The van der Waals surface area contributed by atoms with E-state index < -0.39 is 30.1 Å². The Morgan fingerprint density at radius 1 is 1.30 bits per heavy atom. The molecule has 1 heterocycles. The Balaban J connectivity index is 2.88. The summed E-state index contributed by atoms with van der Waals surface area (Å²) in [5.41, 5.74) is -0.925. The molecule has 0 aliphatic heterocycles. The lowest BCUT2D eigenvalue weighted by molar-refractivity contribution is -0.201. The number of rotatable bonds is 6. The van der Waals surface area contributed by atoms with E-state index in [1.165, 1.54) is 21.3 Å². The van der Waals surface area contributed by atoms with Crippen molar-refractivity contribution in [1.29, 1.82) is 0 Å². The van der Waals surface area contributed by atoms with Gasteiger partial charge in [-0.05, 0) is 19.1 Å². The molecule has 1 N–H and O–H groups in total. The van der Waals surface area contributed by atoms with Crippen molar-refractivity contribution in [3.8, 4) is 0 Å². The highest BCUT2D eigenvalue weighted by atomic mass is 19.4. The van der Waals surface area contributed by atoms with Crippen LogP contribution < -0.4 is 5.32 Å². The number of amides is 2. The van der Waals surface area contributed by atoms with Gasteiger partial charge in [-0.3, -0.25) is 10.2 Å². The summed E-state index contributed by atoms with van der Waals surface area (Å²) < 4.78 is 48.0. The van der Waals surface area contributed by atoms with Gasteiger partial charge in [-0.15, -0.1) is 0 Å². The molecule has 0 bridgehead atoms. The first-order valence-corrected chi connectivity index (χ1v) is 6.47. The second-order valence-corrected chi connectivity index (χ2v) is 4.45. The lowest BCUT2D eigenvalue weighted by atomic mass is 10.2. The van der Waals surface area contributed by atoms with E-state index >= 15 is 0 Å². The monoisotopic (exact) mass is 337 g/mol. The number of hydrogen-bond donors (Lipinski definition) is 1. The highest BCUT2D eigenvalue weighted by Gasteiger charge is 2.32. The predicted octanol–water partition coefficient (Wildman–Crippen LogP) is 2.50. The van der Waals surface area contributed by atoms with Gasteiger partial charge in [-0.2, -0.15) is 18.2 Å². The van der Waals surface area contributed by atoms with Gasteiger partial charge >= 0.3 is 12.2 Å². The van der Waals surface area contributed by atoms with Gasteiger partial charge in [-0.25, -0.2) is 9.78 Å². The van der Waals surface area contributed by atoms with Crippen molar-refractivity contribution in [1.82, 2.24) is 10.0 Å². The minimum atomic E-state index is -4.53.